The van der Waals surface area contributed by atoms with Gasteiger partial charge < -0.3 is 10.1 Å². The highest BCUT2D eigenvalue weighted by Gasteiger charge is 2.23. The lowest BCUT2D eigenvalue weighted by molar-refractivity contribution is -0.122. The number of ether oxygens (including phenoxy) is 1. The van der Waals surface area contributed by atoms with E-state index < -0.39 is 11.9 Å². The second-order valence-corrected chi connectivity index (χ2v) is 5.82. The Morgan fingerprint density at radius 1 is 1.35 bits per heavy atom. The largest absolute Gasteiger partial charge is 0.484 e. The Balaban J connectivity index is 1.75. The summed E-state index contributed by atoms with van der Waals surface area (Å²) in [5.41, 5.74) is 0.451. The molecule has 0 aliphatic heterocycles. The van der Waals surface area contributed by atoms with Crippen LogP contribution in [0, 0.1) is 17.2 Å². The van der Waals surface area contributed by atoms with Crippen molar-refractivity contribution >= 4 is 11.9 Å². The lowest BCUT2D eigenvalue weighted by atomic mass is 9.86. The van der Waals surface area contributed by atoms with Gasteiger partial charge in [0.15, 0.2) is 6.61 Å². The number of urea groups is 1. The molecule has 122 valence electrons. The molecule has 23 heavy (non-hydrogen) atoms. The number of rotatable bonds is 4. The summed E-state index contributed by atoms with van der Waals surface area (Å²) in [7, 11) is 0. The van der Waals surface area contributed by atoms with E-state index in [9.17, 15) is 9.59 Å². The van der Waals surface area contributed by atoms with Gasteiger partial charge in [-0.1, -0.05) is 25.8 Å². The van der Waals surface area contributed by atoms with Crippen LogP contribution in [0.4, 0.5) is 4.79 Å². The smallest absolute Gasteiger partial charge is 0.321 e. The molecule has 2 N–H and O–H groups in total. The molecular weight excluding hydrogens is 294 g/mol. The van der Waals surface area contributed by atoms with Crippen LogP contribution in [0.1, 0.15) is 38.2 Å². The van der Waals surface area contributed by atoms with Crippen molar-refractivity contribution in [1.82, 2.24) is 10.6 Å². The van der Waals surface area contributed by atoms with E-state index in [4.69, 9.17) is 10.00 Å². The molecule has 0 bridgehead atoms. The van der Waals surface area contributed by atoms with Gasteiger partial charge in [0.05, 0.1) is 11.6 Å². The van der Waals surface area contributed by atoms with E-state index in [1.807, 2.05) is 6.07 Å². The number of imide groups is 1. The van der Waals surface area contributed by atoms with Gasteiger partial charge in [-0.3, -0.25) is 10.1 Å². The van der Waals surface area contributed by atoms with Crippen LogP contribution >= 0.6 is 0 Å². The van der Waals surface area contributed by atoms with Gasteiger partial charge in [0.1, 0.15) is 5.75 Å². The molecule has 1 fully saturated rings. The van der Waals surface area contributed by atoms with Crippen molar-refractivity contribution < 1.29 is 14.3 Å². The molecular formula is C17H21N3O3. The average molecular weight is 315 g/mol. The number of benzene rings is 1. The van der Waals surface area contributed by atoms with Gasteiger partial charge in [0.2, 0.25) is 0 Å². The maximum Gasteiger partial charge on any atom is 0.321 e. The molecule has 0 saturated heterocycles. The standard InChI is InChI=1S/C17H21N3O3/c1-12-5-2-3-8-15(12)19-17(22)20-16(21)11-23-14-7-4-6-13(9-14)10-18/h4,6-7,9,12,15H,2-3,5,8,11H2,1H3,(H2,19,20,21,22)/t12-,15-/m1/s1. The number of hydrogen-bond donors (Lipinski definition) is 2. The SMILES string of the molecule is C[C@@H]1CCCC[C@H]1NC(=O)NC(=O)COc1cccc(C#N)c1. The number of carbonyl (C=O) groups excluding carboxylic acids is 2. The van der Waals surface area contributed by atoms with E-state index in [0.717, 1.165) is 19.3 Å². The summed E-state index contributed by atoms with van der Waals surface area (Å²) in [6.45, 7) is 1.83. The lowest BCUT2D eigenvalue weighted by Crippen LogP contribution is -2.48. The van der Waals surface area contributed by atoms with Crippen LogP contribution in [0.2, 0.25) is 0 Å². The molecule has 1 saturated carbocycles. The topological polar surface area (TPSA) is 91.2 Å². The van der Waals surface area contributed by atoms with Crippen LogP contribution in [-0.4, -0.2) is 24.6 Å². The molecule has 6 nitrogen and oxygen atoms in total. The monoisotopic (exact) mass is 315 g/mol. The number of nitriles is 1. The average Bonchev–Trinajstić information content (AvgIpc) is 2.55. The third kappa shape index (κ3) is 5.29. The first kappa shape index (κ1) is 16.8. The van der Waals surface area contributed by atoms with E-state index in [-0.39, 0.29) is 12.6 Å². The maximum atomic E-state index is 11.8. The van der Waals surface area contributed by atoms with Crippen molar-refractivity contribution in [1.29, 1.82) is 5.26 Å². The summed E-state index contributed by atoms with van der Waals surface area (Å²) in [5.74, 6) is 0.323. The lowest BCUT2D eigenvalue weighted by Gasteiger charge is -2.29. The Morgan fingerprint density at radius 3 is 2.87 bits per heavy atom. The fourth-order valence-electron chi connectivity index (χ4n) is 2.70. The Labute approximate surface area is 135 Å². The second-order valence-electron chi connectivity index (χ2n) is 5.82. The zero-order valence-corrected chi connectivity index (χ0v) is 13.2. The molecule has 1 aliphatic carbocycles. The van der Waals surface area contributed by atoms with Gasteiger partial charge in [0, 0.05) is 6.04 Å². The van der Waals surface area contributed by atoms with Gasteiger partial charge in [-0.15, -0.1) is 0 Å². The molecule has 0 aromatic heterocycles. The zero-order chi connectivity index (χ0) is 16.7. The molecule has 2 atom stereocenters. The summed E-state index contributed by atoms with van der Waals surface area (Å²) in [4.78, 5) is 23.6. The Hall–Kier alpha value is -2.55. The highest BCUT2D eigenvalue weighted by molar-refractivity contribution is 5.95. The summed E-state index contributed by atoms with van der Waals surface area (Å²) >= 11 is 0. The van der Waals surface area contributed by atoms with Crippen LogP contribution in [0.5, 0.6) is 5.75 Å². The third-order valence-electron chi connectivity index (χ3n) is 4.01. The molecule has 0 spiro atoms. The van der Waals surface area contributed by atoms with Gasteiger partial charge in [-0.2, -0.15) is 5.26 Å². The third-order valence-corrected chi connectivity index (χ3v) is 4.01. The number of nitrogens with one attached hydrogen (secondary N) is 2. The van der Waals surface area contributed by atoms with Crippen molar-refractivity contribution in [2.75, 3.05) is 6.61 Å². The molecule has 2 rings (SSSR count). The summed E-state index contributed by atoms with van der Waals surface area (Å²) < 4.78 is 5.28. The second kappa shape index (κ2) is 8.18. The first-order valence-corrected chi connectivity index (χ1v) is 7.82. The van der Waals surface area contributed by atoms with E-state index in [0.29, 0.717) is 17.2 Å². The molecule has 3 amide bonds. The first-order valence-electron chi connectivity index (χ1n) is 7.82. The van der Waals surface area contributed by atoms with Crippen LogP contribution < -0.4 is 15.4 Å². The van der Waals surface area contributed by atoms with Crippen LogP contribution in [0.25, 0.3) is 0 Å². The minimum Gasteiger partial charge on any atom is -0.484 e. The van der Waals surface area contributed by atoms with Crippen molar-refractivity contribution in [2.45, 2.75) is 38.6 Å². The first-order chi connectivity index (χ1) is 11.1. The Kier molecular flexibility index (Phi) is 5.98. The Morgan fingerprint density at radius 2 is 2.13 bits per heavy atom. The predicted octanol–water partition coefficient (Wildman–Crippen LogP) is 2.34. The molecule has 1 aromatic carbocycles. The normalized spacial score (nSPS) is 20.2. The fourth-order valence-corrected chi connectivity index (χ4v) is 2.70. The fraction of sp³-hybridized carbons (Fsp3) is 0.471. The van der Waals surface area contributed by atoms with Crippen LogP contribution in [0.15, 0.2) is 24.3 Å². The van der Waals surface area contributed by atoms with Gasteiger partial charge in [0.25, 0.3) is 5.91 Å². The number of amides is 3. The van der Waals surface area contributed by atoms with Crippen molar-refractivity contribution in [3.8, 4) is 11.8 Å². The number of nitrogens with zero attached hydrogens (tertiary/aromatic N) is 1. The highest BCUT2D eigenvalue weighted by atomic mass is 16.5. The summed E-state index contributed by atoms with van der Waals surface area (Å²) in [6.07, 6.45) is 4.33. The van der Waals surface area contributed by atoms with E-state index >= 15 is 0 Å². The van der Waals surface area contributed by atoms with Crippen molar-refractivity contribution in [2.24, 2.45) is 5.92 Å². The number of carbonyl (C=O) groups is 2. The molecule has 6 heteroatoms. The van der Waals surface area contributed by atoms with Gasteiger partial charge in [-0.25, -0.2) is 4.79 Å². The van der Waals surface area contributed by atoms with Crippen LogP contribution in [0.3, 0.4) is 0 Å². The van der Waals surface area contributed by atoms with Gasteiger partial charge in [-0.05, 0) is 37.0 Å². The molecule has 0 unspecified atom stereocenters. The maximum absolute atomic E-state index is 11.8. The Bertz CT molecular complexity index is 609. The predicted molar refractivity (Wildman–Crippen MR) is 84.7 cm³/mol. The molecule has 0 heterocycles. The quantitative estimate of drug-likeness (QED) is 0.892. The minimum atomic E-state index is -0.520. The van der Waals surface area contributed by atoms with Gasteiger partial charge >= 0.3 is 6.03 Å². The molecule has 1 aromatic rings. The molecule has 1 aliphatic rings. The minimum absolute atomic E-state index is 0.116. The van der Waals surface area contributed by atoms with E-state index in [1.165, 1.54) is 12.5 Å². The summed E-state index contributed by atoms with van der Waals surface area (Å²) in [6, 6.07) is 8.13. The van der Waals surface area contributed by atoms with Crippen LogP contribution in [-0.2, 0) is 4.79 Å². The van der Waals surface area contributed by atoms with E-state index in [2.05, 4.69) is 17.6 Å². The van der Waals surface area contributed by atoms with Crippen molar-refractivity contribution in [3.05, 3.63) is 29.8 Å². The van der Waals surface area contributed by atoms with E-state index in [1.54, 1.807) is 18.2 Å². The van der Waals surface area contributed by atoms with Crippen molar-refractivity contribution in [3.63, 3.8) is 0 Å². The zero-order valence-electron chi connectivity index (χ0n) is 13.2. The highest BCUT2D eigenvalue weighted by Crippen LogP contribution is 2.23. The number of hydrogen-bond acceptors (Lipinski definition) is 4. The summed E-state index contributed by atoms with van der Waals surface area (Å²) in [5, 5.41) is 13.9. The molecule has 0 radical (unpaired) electrons.